The fraction of sp³-hybridized carbons (Fsp3) is 0.676. The van der Waals surface area contributed by atoms with Crippen LogP contribution in [0.2, 0.25) is 0 Å². The summed E-state index contributed by atoms with van der Waals surface area (Å²) in [6, 6.07) is 9.61. The van der Waals surface area contributed by atoms with E-state index in [1.165, 1.54) is 23.8 Å². The first-order valence-electron chi connectivity index (χ1n) is 16.8. The van der Waals surface area contributed by atoms with E-state index in [4.69, 9.17) is 0 Å². The summed E-state index contributed by atoms with van der Waals surface area (Å²) in [4.78, 5) is 29.3. The zero-order chi connectivity index (χ0) is 29.8. The molecule has 42 heavy (non-hydrogen) atoms. The van der Waals surface area contributed by atoms with Gasteiger partial charge in [0, 0.05) is 5.41 Å². The van der Waals surface area contributed by atoms with Crippen LogP contribution in [0.5, 0.6) is 0 Å². The van der Waals surface area contributed by atoms with Gasteiger partial charge in [-0.15, -0.1) is 0 Å². The third-order valence-electron chi connectivity index (χ3n) is 13.8. The van der Waals surface area contributed by atoms with E-state index in [2.05, 4.69) is 72.8 Å². The van der Waals surface area contributed by atoms with Gasteiger partial charge < -0.3 is 0 Å². The van der Waals surface area contributed by atoms with Gasteiger partial charge in [0.2, 0.25) is 0 Å². The molecular formula is C37H51N3O2. The number of allylic oxidation sites excluding steroid dienone is 4. The lowest BCUT2D eigenvalue weighted by molar-refractivity contribution is -0.193. The molecule has 1 aromatic carbocycles. The first kappa shape index (κ1) is 28.2. The molecule has 8 rings (SSSR count). The van der Waals surface area contributed by atoms with Crippen LogP contribution in [-0.4, -0.2) is 13.9 Å². The van der Waals surface area contributed by atoms with Crippen LogP contribution in [0.1, 0.15) is 93.4 Å². The van der Waals surface area contributed by atoms with E-state index >= 15 is 0 Å². The van der Waals surface area contributed by atoms with Crippen molar-refractivity contribution < 1.29 is 0 Å². The summed E-state index contributed by atoms with van der Waals surface area (Å²) in [6.07, 6.45) is 17.7. The predicted octanol–water partition coefficient (Wildman–Crippen LogP) is 7.53. The first-order chi connectivity index (χ1) is 19.9. The fourth-order valence-electron chi connectivity index (χ4n) is 11.3. The molecule has 3 unspecified atom stereocenters. The fourth-order valence-corrected chi connectivity index (χ4v) is 11.3. The van der Waals surface area contributed by atoms with Gasteiger partial charge in [-0.1, -0.05) is 91.0 Å². The molecule has 3 heterocycles. The van der Waals surface area contributed by atoms with E-state index in [1.807, 2.05) is 39.7 Å². The SMILES string of the molecule is CC(C)[C@@H](C)/C=C/[C@@H](C)[C@H]1CCC2[C@@]34C=CC5(C[C@@H](C)CC[C@]5(C)C3CC[C@@]21C)n1c(=O)n(-c2ccccc2)c(=O)n14. The second-order valence-corrected chi connectivity index (χ2v) is 16.0. The number of nitrogens with zero attached hydrogens (tertiary/aromatic N) is 3. The average Bonchev–Trinajstić information content (AvgIpc) is 3.46. The highest BCUT2D eigenvalue weighted by Gasteiger charge is 2.74. The summed E-state index contributed by atoms with van der Waals surface area (Å²) in [5, 5.41) is 0. The topological polar surface area (TPSA) is 48.9 Å². The Hall–Kier alpha value is -2.56. The molecule has 0 radical (unpaired) electrons. The number of hydrogen-bond acceptors (Lipinski definition) is 2. The minimum atomic E-state index is -0.468. The number of fused-ring (bicyclic) bond motifs is 1. The Morgan fingerprint density at radius 3 is 2.26 bits per heavy atom. The standard InChI is InChI=1S/C37H51N3O2/c1-24(2)26(4)13-14-27(5)29-15-16-30-34(29,6)19-18-31-35(7)20-17-25(3)23-36(35)21-22-37(30,31)40-33(42)38(32(41)39(36)40)28-11-9-8-10-12-28/h8-14,21-22,24-27,29-31H,15-20,23H2,1-7H3/b14-13+/t25-,26-,27+,29+,30?,31?,34+,35+,36?,37-/m0/s1. The van der Waals surface area contributed by atoms with Crippen molar-refractivity contribution >= 4 is 0 Å². The Balaban J connectivity index is 1.43. The smallest absolute Gasteiger partial charge is 0.245 e. The van der Waals surface area contributed by atoms with Crippen LogP contribution in [0.3, 0.4) is 0 Å². The van der Waals surface area contributed by atoms with Gasteiger partial charge in [0.1, 0.15) is 0 Å². The number of hydrogen-bond donors (Lipinski definition) is 0. The summed E-state index contributed by atoms with van der Waals surface area (Å²) >= 11 is 0. The van der Waals surface area contributed by atoms with Gasteiger partial charge in [-0.05, 0) is 104 Å². The molecule has 2 aromatic rings. The van der Waals surface area contributed by atoms with Crippen molar-refractivity contribution in [1.82, 2.24) is 13.9 Å². The molecule has 0 N–H and O–H groups in total. The van der Waals surface area contributed by atoms with Crippen molar-refractivity contribution in [3.05, 3.63) is 75.6 Å². The minimum Gasteiger partial charge on any atom is -0.245 e. The van der Waals surface area contributed by atoms with Crippen molar-refractivity contribution in [3.8, 4) is 5.69 Å². The minimum absolute atomic E-state index is 0.0506. The van der Waals surface area contributed by atoms with Crippen LogP contribution in [0.25, 0.3) is 5.69 Å². The summed E-state index contributed by atoms with van der Waals surface area (Å²) in [5.74, 6) is 3.46. The van der Waals surface area contributed by atoms with E-state index < -0.39 is 11.1 Å². The van der Waals surface area contributed by atoms with Crippen LogP contribution in [0, 0.1) is 52.3 Å². The molecule has 2 bridgehead atoms. The van der Waals surface area contributed by atoms with E-state index in [9.17, 15) is 9.59 Å². The Labute approximate surface area is 251 Å². The van der Waals surface area contributed by atoms with Gasteiger partial charge in [0.05, 0.1) is 16.8 Å². The molecule has 226 valence electrons. The molecule has 0 amide bonds. The normalized spacial score (nSPS) is 41.4. The number of aromatic nitrogens is 3. The molecule has 2 spiro atoms. The number of benzene rings is 1. The molecule has 3 saturated carbocycles. The lowest BCUT2D eigenvalue weighted by atomic mass is 9.40. The van der Waals surface area contributed by atoms with Crippen LogP contribution >= 0.6 is 0 Å². The molecule has 3 fully saturated rings. The Bertz CT molecular complexity index is 1560. The van der Waals surface area contributed by atoms with E-state index in [0.29, 0.717) is 47.1 Å². The van der Waals surface area contributed by atoms with Crippen molar-refractivity contribution in [2.45, 2.75) is 104 Å². The summed E-state index contributed by atoms with van der Waals surface area (Å²) in [7, 11) is 0. The molecule has 4 aliphatic carbocycles. The molecular weight excluding hydrogens is 518 g/mol. The van der Waals surface area contributed by atoms with Crippen LogP contribution in [0.15, 0.2) is 64.2 Å². The molecule has 5 heteroatoms. The number of para-hydroxylation sites is 1. The van der Waals surface area contributed by atoms with Crippen molar-refractivity contribution in [2.24, 2.45) is 52.3 Å². The van der Waals surface area contributed by atoms with Crippen LogP contribution < -0.4 is 11.4 Å². The maximum absolute atomic E-state index is 14.7. The predicted molar refractivity (Wildman–Crippen MR) is 170 cm³/mol. The first-order valence-corrected chi connectivity index (χ1v) is 16.8. The zero-order valence-corrected chi connectivity index (χ0v) is 26.8. The molecule has 10 atom stereocenters. The van der Waals surface area contributed by atoms with Gasteiger partial charge in [0.15, 0.2) is 0 Å². The molecule has 0 saturated heterocycles. The van der Waals surface area contributed by atoms with Crippen molar-refractivity contribution in [2.75, 3.05) is 0 Å². The summed E-state index contributed by atoms with van der Waals surface area (Å²) < 4.78 is 5.52. The second-order valence-electron chi connectivity index (χ2n) is 16.0. The quantitative estimate of drug-likeness (QED) is 0.350. The largest absolute Gasteiger partial charge is 0.352 e. The van der Waals surface area contributed by atoms with Gasteiger partial charge in [0.25, 0.3) is 0 Å². The van der Waals surface area contributed by atoms with Gasteiger partial charge in [-0.2, -0.15) is 0 Å². The summed E-state index contributed by atoms with van der Waals surface area (Å²) in [5.41, 5.74) is -0.494. The maximum atomic E-state index is 14.7. The molecule has 2 aliphatic heterocycles. The number of rotatable bonds is 5. The molecule has 1 aromatic heterocycles. The Kier molecular flexibility index (Phi) is 6.20. The highest BCUT2D eigenvalue weighted by molar-refractivity contribution is 5.38. The Morgan fingerprint density at radius 2 is 1.55 bits per heavy atom. The summed E-state index contributed by atoms with van der Waals surface area (Å²) in [6.45, 7) is 16.7. The van der Waals surface area contributed by atoms with Crippen LogP contribution in [0.4, 0.5) is 0 Å². The zero-order valence-electron chi connectivity index (χ0n) is 26.8. The van der Waals surface area contributed by atoms with Crippen molar-refractivity contribution in [3.63, 3.8) is 0 Å². The second kappa shape index (κ2) is 9.22. The highest BCUT2D eigenvalue weighted by atomic mass is 16.2. The molecule has 5 nitrogen and oxygen atoms in total. The maximum Gasteiger partial charge on any atom is 0.352 e. The van der Waals surface area contributed by atoms with E-state index in [1.54, 1.807) is 0 Å². The highest BCUT2D eigenvalue weighted by Crippen LogP contribution is 2.74. The lowest BCUT2D eigenvalue weighted by Gasteiger charge is -2.71. The van der Waals surface area contributed by atoms with Gasteiger partial charge in [-0.25, -0.2) is 23.5 Å². The lowest BCUT2D eigenvalue weighted by Crippen LogP contribution is -2.76. The Morgan fingerprint density at radius 1 is 0.833 bits per heavy atom. The third kappa shape index (κ3) is 3.32. The van der Waals surface area contributed by atoms with Crippen molar-refractivity contribution in [1.29, 1.82) is 0 Å². The molecule has 6 aliphatic rings. The average molecular weight is 570 g/mol. The van der Waals surface area contributed by atoms with Gasteiger partial charge in [-0.3, -0.25) is 0 Å². The third-order valence-corrected chi connectivity index (χ3v) is 13.8. The van der Waals surface area contributed by atoms with Gasteiger partial charge >= 0.3 is 11.4 Å². The monoisotopic (exact) mass is 569 g/mol. The van der Waals surface area contributed by atoms with E-state index in [0.717, 1.165) is 25.7 Å². The van der Waals surface area contributed by atoms with Crippen LogP contribution in [-0.2, 0) is 11.1 Å². The van der Waals surface area contributed by atoms with E-state index in [-0.39, 0.29) is 22.2 Å².